The van der Waals surface area contributed by atoms with Gasteiger partial charge in [0.1, 0.15) is 0 Å². The number of carbonyl (C=O) groups is 2. The smallest absolute Gasteiger partial charge is 0.338 e. The van der Waals surface area contributed by atoms with Crippen molar-refractivity contribution in [2.24, 2.45) is 4.99 Å². The van der Waals surface area contributed by atoms with E-state index in [1.165, 1.54) is 22.7 Å². The summed E-state index contributed by atoms with van der Waals surface area (Å²) in [6, 6.07) is 4.16. The zero-order chi connectivity index (χ0) is 18.8. The molecule has 1 amide bonds. The Bertz CT molecular complexity index is 818. The minimum atomic E-state index is -0.663. The molecule has 0 radical (unpaired) electrons. The molecule has 1 saturated heterocycles. The van der Waals surface area contributed by atoms with Gasteiger partial charge >= 0.3 is 5.97 Å². The lowest BCUT2D eigenvalue weighted by molar-refractivity contribution is -0.139. The van der Waals surface area contributed by atoms with Crippen molar-refractivity contribution in [3.05, 3.63) is 35.0 Å². The van der Waals surface area contributed by atoms with E-state index in [0.717, 1.165) is 0 Å². The van der Waals surface area contributed by atoms with Crippen LogP contribution < -0.4 is 4.74 Å². The van der Waals surface area contributed by atoms with Gasteiger partial charge < -0.3 is 14.6 Å². The monoisotopic (exact) mass is 376 g/mol. The number of aromatic hydroxyl groups is 1. The van der Waals surface area contributed by atoms with E-state index in [1.54, 1.807) is 26.0 Å². The lowest BCUT2D eigenvalue weighted by Crippen LogP contribution is -2.39. The van der Waals surface area contributed by atoms with Crippen LogP contribution in [0.25, 0.3) is 0 Å². The zero-order valence-electron chi connectivity index (χ0n) is 14.8. The van der Waals surface area contributed by atoms with Gasteiger partial charge in [-0.2, -0.15) is 0 Å². The Morgan fingerprint density at radius 1 is 1.38 bits per heavy atom. The number of fused-ring (bicyclic) bond motifs is 1. The molecule has 0 aliphatic carbocycles. The highest BCUT2D eigenvalue weighted by Gasteiger charge is 2.43. The molecule has 1 atom stereocenters. The van der Waals surface area contributed by atoms with Crippen molar-refractivity contribution < 1.29 is 24.2 Å². The second-order valence-electron chi connectivity index (χ2n) is 5.73. The van der Waals surface area contributed by atoms with Crippen molar-refractivity contribution >= 4 is 28.8 Å². The third kappa shape index (κ3) is 3.16. The molecular weight excluding hydrogens is 356 g/mol. The number of phenols is 1. The second kappa shape index (κ2) is 7.41. The molecule has 138 valence electrons. The molecule has 3 rings (SSSR count). The molecular formula is C18H20N2O5S. The molecule has 0 aromatic heterocycles. The number of benzene rings is 1. The molecule has 2 aliphatic heterocycles. The predicted octanol–water partition coefficient (Wildman–Crippen LogP) is 2.61. The van der Waals surface area contributed by atoms with Crippen LogP contribution in [-0.2, 0) is 14.3 Å². The molecule has 1 N–H and O–H groups in total. The fourth-order valence-corrected chi connectivity index (χ4v) is 3.94. The second-order valence-corrected chi connectivity index (χ2v) is 6.67. The predicted molar refractivity (Wildman–Crippen MR) is 98.1 cm³/mol. The van der Waals surface area contributed by atoms with Crippen LogP contribution in [0, 0.1) is 0 Å². The minimum absolute atomic E-state index is 0.000750. The first-order valence-corrected chi connectivity index (χ1v) is 9.33. The van der Waals surface area contributed by atoms with Crippen molar-refractivity contribution in [3.8, 4) is 11.5 Å². The number of ether oxygens (including phenoxy) is 2. The third-order valence-corrected chi connectivity index (χ3v) is 5.02. The number of nitrogens with zero attached hydrogens (tertiary/aromatic N) is 2. The quantitative estimate of drug-likeness (QED) is 0.795. The molecule has 2 heterocycles. The van der Waals surface area contributed by atoms with Crippen LogP contribution in [0.15, 0.2) is 34.5 Å². The summed E-state index contributed by atoms with van der Waals surface area (Å²) in [6.45, 7) is 5.88. The topological polar surface area (TPSA) is 88.4 Å². The van der Waals surface area contributed by atoms with Gasteiger partial charge in [0, 0.05) is 0 Å². The van der Waals surface area contributed by atoms with Crippen LogP contribution in [-0.4, -0.2) is 46.0 Å². The molecule has 1 aromatic rings. The van der Waals surface area contributed by atoms with Crippen LogP contribution in [0.3, 0.4) is 0 Å². The molecule has 0 saturated carbocycles. The number of hydrogen-bond acceptors (Lipinski definition) is 7. The first-order chi connectivity index (χ1) is 12.5. The number of allylic oxidation sites excluding steroid dienone is 1. The van der Waals surface area contributed by atoms with E-state index in [4.69, 9.17) is 9.47 Å². The van der Waals surface area contributed by atoms with Gasteiger partial charge in [0.05, 0.1) is 36.3 Å². The van der Waals surface area contributed by atoms with Crippen molar-refractivity contribution in [1.29, 1.82) is 0 Å². The van der Waals surface area contributed by atoms with E-state index in [1.807, 2.05) is 6.92 Å². The van der Waals surface area contributed by atoms with Crippen molar-refractivity contribution in [3.63, 3.8) is 0 Å². The van der Waals surface area contributed by atoms with Gasteiger partial charge in [-0.3, -0.25) is 9.69 Å². The Kier molecular flexibility index (Phi) is 5.22. The molecule has 7 nitrogen and oxygen atoms in total. The van der Waals surface area contributed by atoms with Gasteiger partial charge in [-0.15, -0.1) is 0 Å². The molecule has 0 bridgehead atoms. The molecule has 8 heteroatoms. The molecule has 0 unspecified atom stereocenters. The van der Waals surface area contributed by atoms with E-state index >= 15 is 0 Å². The normalized spacial score (nSPS) is 19.3. The Morgan fingerprint density at radius 2 is 2.15 bits per heavy atom. The summed E-state index contributed by atoms with van der Waals surface area (Å²) in [7, 11) is 0. The Balaban J connectivity index is 2.13. The van der Waals surface area contributed by atoms with Crippen LogP contribution >= 0.6 is 11.8 Å². The van der Waals surface area contributed by atoms with Crippen molar-refractivity contribution in [2.75, 3.05) is 19.0 Å². The number of aliphatic imine (C=N–C) groups is 1. The number of hydrogen-bond donors (Lipinski definition) is 1. The molecule has 1 fully saturated rings. The molecule has 1 aromatic carbocycles. The van der Waals surface area contributed by atoms with E-state index in [2.05, 4.69) is 4.99 Å². The molecule has 2 aliphatic rings. The third-order valence-electron chi connectivity index (χ3n) is 4.08. The van der Waals surface area contributed by atoms with E-state index < -0.39 is 12.0 Å². The molecule has 0 spiro atoms. The minimum Gasteiger partial charge on any atom is -0.504 e. The van der Waals surface area contributed by atoms with Crippen molar-refractivity contribution in [2.45, 2.75) is 26.8 Å². The Labute approximate surface area is 155 Å². The first-order valence-electron chi connectivity index (χ1n) is 8.35. The van der Waals surface area contributed by atoms with E-state index in [-0.39, 0.29) is 24.0 Å². The Morgan fingerprint density at radius 3 is 2.85 bits per heavy atom. The van der Waals surface area contributed by atoms with Crippen molar-refractivity contribution in [1.82, 2.24) is 4.90 Å². The number of amidine groups is 1. The SMILES string of the molecule is CCOC(=O)C1=C(C)N=C2SCC(=O)N2[C@H]1c1ccc(O)c(OCC)c1. The number of amides is 1. The number of carbonyl (C=O) groups excluding carboxylic acids is 2. The summed E-state index contributed by atoms with van der Waals surface area (Å²) in [6.07, 6.45) is 0. The van der Waals surface area contributed by atoms with E-state index in [9.17, 15) is 14.7 Å². The van der Waals surface area contributed by atoms with Gasteiger partial charge in [-0.1, -0.05) is 17.8 Å². The highest BCUT2D eigenvalue weighted by molar-refractivity contribution is 8.15. The highest BCUT2D eigenvalue weighted by Crippen LogP contribution is 2.42. The maximum absolute atomic E-state index is 12.6. The maximum atomic E-state index is 12.6. The van der Waals surface area contributed by atoms with Crippen LogP contribution in [0.1, 0.15) is 32.4 Å². The number of thioether (sulfide) groups is 1. The lowest BCUT2D eigenvalue weighted by atomic mass is 9.94. The van der Waals surface area contributed by atoms with Gasteiger partial charge in [0.2, 0.25) is 5.91 Å². The fraction of sp³-hybridized carbons (Fsp3) is 0.389. The summed E-state index contributed by atoms with van der Waals surface area (Å²) in [5.41, 5.74) is 1.49. The molecule has 26 heavy (non-hydrogen) atoms. The van der Waals surface area contributed by atoms with Gasteiger partial charge in [-0.05, 0) is 38.5 Å². The zero-order valence-corrected chi connectivity index (χ0v) is 15.6. The summed E-state index contributed by atoms with van der Waals surface area (Å²) < 4.78 is 10.7. The fourth-order valence-electron chi connectivity index (χ4n) is 3.00. The van der Waals surface area contributed by atoms with Crippen LogP contribution in [0.4, 0.5) is 0 Å². The van der Waals surface area contributed by atoms with Crippen LogP contribution in [0.2, 0.25) is 0 Å². The number of phenolic OH excluding ortho intramolecular Hbond substituents is 1. The van der Waals surface area contributed by atoms with Gasteiger partial charge in [0.15, 0.2) is 16.7 Å². The standard InChI is InChI=1S/C18H20N2O5S/c1-4-24-13-8-11(6-7-12(13)21)16-15(17(23)25-5-2)10(3)19-18-20(16)14(22)9-26-18/h6-8,16,21H,4-5,9H2,1-3H3/t16-/m0/s1. The number of esters is 1. The van der Waals surface area contributed by atoms with Crippen LogP contribution in [0.5, 0.6) is 11.5 Å². The average molecular weight is 376 g/mol. The summed E-state index contributed by atoms with van der Waals surface area (Å²) in [5, 5.41) is 10.5. The Hall–Kier alpha value is -2.48. The summed E-state index contributed by atoms with van der Waals surface area (Å²) in [5.74, 6) is -0.0579. The average Bonchev–Trinajstić information content (AvgIpc) is 2.96. The maximum Gasteiger partial charge on any atom is 0.338 e. The van der Waals surface area contributed by atoms with E-state index in [0.29, 0.717) is 34.4 Å². The number of rotatable bonds is 5. The largest absolute Gasteiger partial charge is 0.504 e. The first kappa shape index (κ1) is 18.3. The van der Waals surface area contributed by atoms with Gasteiger partial charge in [-0.25, -0.2) is 9.79 Å². The summed E-state index contributed by atoms with van der Waals surface area (Å²) >= 11 is 1.34. The summed E-state index contributed by atoms with van der Waals surface area (Å²) in [4.78, 5) is 31.0. The lowest BCUT2D eigenvalue weighted by Gasteiger charge is -2.33. The van der Waals surface area contributed by atoms with Gasteiger partial charge in [0.25, 0.3) is 0 Å². The highest BCUT2D eigenvalue weighted by atomic mass is 32.2.